The van der Waals surface area contributed by atoms with Crippen LogP contribution in [0.5, 0.6) is 0 Å². The summed E-state index contributed by atoms with van der Waals surface area (Å²) in [6.45, 7) is 2.54. The number of amides is 2. The lowest BCUT2D eigenvalue weighted by atomic mass is 10.1. The Kier molecular flexibility index (Phi) is 2.57. The first-order valence-electron chi connectivity index (χ1n) is 4.13. The first kappa shape index (κ1) is 10.6. The van der Waals surface area contributed by atoms with E-state index >= 15 is 0 Å². The molecule has 0 aromatic carbocycles. The van der Waals surface area contributed by atoms with Gasteiger partial charge in [0.25, 0.3) is 11.8 Å². The summed E-state index contributed by atoms with van der Waals surface area (Å²) in [5.41, 5.74) is -1.57. The van der Waals surface area contributed by atoms with E-state index in [0.29, 0.717) is 5.06 Å². The summed E-state index contributed by atoms with van der Waals surface area (Å²) in [6.07, 6.45) is 0.156. The van der Waals surface area contributed by atoms with Crippen molar-refractivity contribution in [1.29, 1.82) is 0 Å². The highest BCUT2D eigenvalue weighted by Gasteiger charge is 2.39. The number of imide groups is 1. The number of hydroxylamine groups is 2. The van der Waals surface area contributed by atoms with Crippen LogP contribution >= 0.6 is 0 Å². The molecule has 0 radical (unpaired) electrons. The van der Waals surface area contributed by atoms with Crippen molar-refractivity contribution in [3.63, 3.8) is 0 Å². The van der Waals surface area contributed by atoms with Gasteiger partial charge in [-0.2, -0.15) is 5.06 Å². The first-order valence-corrected chi connectivity index (χ1v) is 4.13. The third-order valence-electron chi connectivity index (χ3n) is 1.84. The van der Waals surface area contributed by atoms with Gasteiger partial charge in [-0.3, -0.25) is 9.59 Å². The maximum absolute atomic E-state index is 11.1. The maximum Gasteiger partial charge on any atom is 0.338 e. The lowest BCUT2D eigenvalue weighted by Gasteiger charge is -2.24. The van der Waals surface area contributed by atoms with E-state index in [1.807, 2.05) is 0 Å². The SMILES string of the molecule is CC(C)(ON1C(=O)CCC1=O)C(=O)O. The molecule has 0 bridgehead atoms. The molecule has 14 heavy (non-hydrogen) atoms. The molecule has 1 aliphatic rings. The van der Waals surface area contributed by atoms with Crippen LogP contribution in [0, 0.1) is 0 Å². The molecule has 6 heteroatoms. The molecule has 0 saturated carbocycles. The van der Waals surface area contributed by atoms with Crippen molar-refractivity contribution in [2.75, 3.05) is 0 Å². The van der Waals surface area contributed by atoms with Gasteiger partial charge in [-0.15, -0.1) is 0 Å². The predicted molar refractivity (Wildman–Crippen MR) is 43.9 cm³/mol. The number of aliphatic carboxylic acids is 1. The van der Waals surface area contributed by atoms with Crippen LogP contribution < -0.4 is 0 Å². The zero-order valence-corrected chi connectivity index (χ0v) is 7.94. The van der Waals surface area contributed by atoms with Gasteiger partial charge in [0.05, 0.1) is 0 Å². The van der Waals surface area contributed by atoms with Crippen molar-refractivity contribution >= 4 is 17.8 Å². The number of hydrogen-bond acceptors (Lipinski definition) is 4. The molecule has 1 aliphatic heterocycles. The summed E-state index contributed by atoms with van der Waals surface area (Å²) in [6, 6.07) is 0. The fourth-order valence-corrected chi connectivity index (χ4v) is 0.925. The third kappa shape index (κ3) is 1.90. The number of hydrogen-bond donors (Lipinski definition) is 1. The van der Waals surface area contributed by atoms with Crippen molar-refractivity contribution in [2.45, 2.75) is 32.3 Å². The van der Waals surface area contributed by atoms with Crippen LogP contribution in [0.2, 0.25) is 0 Å². The van der Waals surface area contributed by atoms with Crippen molar-refractivity contribution < 1.29 is 24.3 Å². The van der Waals surface area contributed by atoms with E-state index in [1.54, 1.807) is 0 Å². The van der Waals surface area contributed by atoms with Crippen molar-refractivity contribution in [3.8, 4) is 0 Å². The van der Waals surface area contributed by atoms with E-state index < -0.39 is 23.4 Å². The second-order valence-corrected chi connectivity index (χ2v) is 3.49. The molecular weight excluding hydrogens is 190 g/mol. The second kappa shape index (κ2) is 3.38. The molecule has 0 aromatic rings. The van der Waals surface area contributed by atoms with Gasteiger partial charge in [0.15, 0.2) is 5.60 Å². The normalized spacial score (nSPS) is 17.7. The number of carboxylic acids is 1. The monoisotopic (exact) mass is 201 g/mol. The van der Waals surface area contributed by atoms with E-state index in [0.717, 1.165) is 0 Å². The third-order valence-corrected chi connectivity index (χ3v) is 1.84. The van der Waals surface area contributed by atoms with Crippen LogP contribution in [0.15, 0.2) is 0 Å². The van der Waals surface area contributed by atoms with Crippen LogP contribution in [0.25, 0.3) is 0 Å². The Morgan fingerprint density at radius 2 is 1.79 bits per heavy atom. The average Bonchev–Trinajstić information content (AvgIpc) is 2.35. The highest BCUT2D eigenvalue weighted by Crippen LogP contribution is 2.19. The van der Waals surface area contributed by atoms with Gasteiger partial charge in [0.2, 0.25) is 0 Å². The van der Waals surface area contributed by atoms with Gasteiger partial charge in [0.1, 0.15) is 0 Å². The molecule has 1 fully saturated rings. The second-order valence-electron chi connectivity index (χ2n) is 3.49. The van der Waals surface area contributed by atoms with Crippen LogP contribution in [0.3, 0.4) is 0 Å². The molecule has 0 atom stereocenters. The highest BCUT2D eigenvalue weighted by atomic mass is 16.7. The lowest BCUT2D eigenvalue weighted by Crippen LogP contribution is -2.44. The largest absolute Gasteiger partial charge is 0.479 e. The van der Waals surface area contributed by atoms with Gasteiger partial charge in [0, 0.05) is 12.8 Å². The van der Waals surface area contributed by atoms with Gasteiger partial charge in [-0.05, 0) is 13.8 Å². The molecule has 1 saturated heterocycles. The quantitative estimate of drug-likeness (QED) is 0.646. The van der Waals surface area contributed by atoms with Crippen molar-refractivity contribution in [1.82, 2.24) is 5.06 Å². The molecule has 1 heterocycles. The predicted octanol–water partition coefficient (Wildman–Crippen LogP) is -0.0698. The van der Waals surface area contributed by atoms with Gasteiger partial charge in [-0.1, -0.05) is 0 Å². The Labute approximate surface area is 80.4 Å². The molecule has 0 aromatic heterocycles. The minimum absolute atomic E-state index is 0.0779. The molecule has 0 spiro atoms. The number of carbonyl (C=O) groups is 3. The standard InChI is InChI=1S/C8H11NO5/c1-8(2,7(12)13)14-9-5(10)3-4-6(9)11/h3-4H2,1-2H3,(H,12,13). The summed E-state index contributed by atoms with van der Waals surface area (Å²) in [5, 5.41) is 9.24. The summed E-state index contributed by atoms with van der Waals surface area (Å²) < 4.78 is 0. The molecule has 0 aliphatic carbocycles. The summed E-state index contributed by atoms with van der Waals surface area (Å²) >= 11 is 0. The van der Waals surface area contributed by atoms with Crippen LogP contribution in [0.4, 0.5) is 0 Å². The molecule has 78 valence electrons. The topological polar surface area (TPSA) is 83.9 Å². The Morgan fingerprint density at radius 3 is 2.14 bits per heavy atom. The summed E-state index contributed by atoms with van der Waals surface area (Å²) in [5.74, 6) is -2.22. The van der Waals surface area contributed by atoms with E-state index in [2.05, 4.69) is 0 Å². The van der Waals surface area contributed by atoms with Gasteiger partial charge in [-0.25, -0.2) is 9.63 Å². The van der Waals surface area contributed by atoms with Gasteiger partial charge >= 0.3 is 5.97 Å². The average molecular weight is 201 g/mol. The minimum Gasteiger partial charge on any atom is -0.479 e. The van der Waals surface area contributed by atoms with E-state index in [-0.39, 0.29) is 12.8 Å². The van der Waals surface area contributed by atoms with Crippen molar-refractivity contribution in [2.24, 2.45) is 0 Å². The molecule has 0 unspecified atom stereocenters. The Balaban J connectivity index is 2.73. The summed E-state index contributed by atoms with van der Waals surface area (Å²) in [4.78, 5) is 37.6. The lowest BCUT2D eigenvalue weighted by molar-refractivity contribution is -0.227. The number of rotatable bonds is 3. The minimum atomic E-state index is -1.57. The number of carboxylic acid groups (broad SMARTS) is 1. The molecule has 1 rings (SSSR count). The molecule has 1 N–H and O–H groups in total. The highest BCUT2D eigenvalue weighted by molar-refractivity contribution is 6.00. The van der Waals surface area contributed by atoms with E-state index in [9.17, 15) is 14.4 Å². The van der Waals surface area contributed by atoms with E-state index in [4.69, 9.17) is 9.94 Å². The van der Waals surface area contributed by atoms with E-state index in [1.165, 1.54) is 13.8 Å². The van der Waals surface area contributed by atoms with Crippen molar-refractivity contribution in [3.05, 3.63) is 0 Å². The summed E-state index contributed by atoms with van der Waals surface area (Å²) in [7, 11) is 0. The fraction of sp³-hybridized carbons (Fsp3) is 0.625. The van der Waals surface area contributed by atoms with Crippen LogP contribution in [-0.2, 0) is 19.2 Å². The van der Waals surface area contributed by atoms with Gasteiger partial charge < -0.3 is 5.11 Å². The van der Waals surface area contributed by atoms with Crippen LogP contribution in [0.1, 0.15) is 26.7 Å². The zero-order chi connectivity index (χ0) is 10.9. The number of carbonyl (C=O) groups excluding carboxylic acids is 2. The molecular formula is C8H11NO5. The van der Waals surface area contributed by atoms with Crippen LogP contribution in [-0.4, -0.2) is 33.6 Å². The zero-order valence-electron chi connectivity index (χ0n) is 7.94. The Hall–Kier alpha value is -1.43. The maximum atomic E-state index is 11.1. The Morgan fingerprint density at radius 1 is 1.36 bits per heavy atom. The number of nitrogens with zero attached hydrogens (tertiary/aromatic N) is 1. The molecule has 6 nitrogen and oxygen atoms in total. The Bertz CT molecular complexity index is 280. The fourth-order valence-electron chi connectivity index (χ4n) is 0.925. The smallest absolute Gasteiger partial charge is 0.338 e. The molecule has 2 amide bonds. The first-order chi connectivity index (χ1) is 6.34.